The van der Waals surface area contributed by atoms with Gasteiger partial charge < -0.3 is 16.0 Å². The monoisotopic (exact) mass is 613 g/mol. The summed E-state index contributed by atoms with van der Waals surface area (Å²) in [6, 6.07) is 4.13. The first kappa shape index (κ1) is 31.4. The number of nitrogens with two attached hydrogens (primary N) is 2. The predicted molar refractivity (Wildman–Crippen MR) is 144 cm³/mol. The lowest BCUT2D eigenvalue weighted by molar-refractivity contribution is -0.138. The van der Waals surface area contributed by atoms with E-state index in [1.165, 1.54) is 38.2 Å². The Morgan fingerprint density at radius 1 is 0.977 bits per heavy atom. The third kappa shape index (κ3) is 7.29. The lowest BCUT2D eigenvalue weighted by atomic mass is 9.87. The molecule has 0 unspecified atom stereocenters. The number of nitrogen functional groups attached to an aromatic ring is 2. The van der Waals surface area contributed by atoms with Crippen LogP contribution in [0.4, 0.5) is 42.2 Å². The maximum Gasteiger partial charge on any atom is 0.423 e. The number of hydrogen-bond donors (Lipinski definition) is 3. The minimum Gasteiger partial charge on any atom is -0.397 e. The molecule has 1 aliphatic rings. The van der Waals surface area contributed by atoms with Crippen molar-refractivity contribution in [1.29, 1.82) is 0 Å². The van der Waals surface area contributed by atoms with Gasteiger partial charge in [-0.15, -0.1) is 0 Å². The Kier molecular flexibility index (Phi) is 9.06. The summed E-state index contributed by atoms with van der Waals surface area (Å²) in [5, 5.41) is 5.39. The van der Waals surface area contributed by atoms with Crippen molar-refractivity contribution in [2.24, 2.45) is 5.92 Å². The number of anilines is 2. The van der Waals surface area contributed by atoms with Crippen LogP contribution in [0, 0.1) is 11.7 Å². The highest BCUT2D eigenvalue weighted by Crippen LogP contribution is 2.34. The largest absolute Gasteiger partial charge is 0.423 e. The van der Waals surface area contributed by atoms with Gasteiger partial charge in [0.1, 0.15) is 22.8 Å². The van der Waals surface area contributed by atoms with E-state index in [0.29, 0.717) is 24.0 Å². The second-order valence-corrected chi connectivity index (χ2v) is 10.0. The summed E-state index contributed by atoms with van der Waals surface area (Å²) < 4.78 is 90.9. The molecule has 5 rings (SSSR count). The predicted octanol–water partition coefficient (Wildman–Crippen LogP) is 5.54. The number of nitrogens with one attached hydrogen (secondary N) is 1. The third-order valence-corrected chi connectivity index (χ3v) is 7.10. The van der Waals surface area contributed by atoms with Crippen molar-refractivity contribution in [3.63, 3.8) is 0 Å². The number of fused-ring (bicyclic) bond motifs is 1. The average molecular weight is 614 g/mol. The number of alkyl halides is 6. The number of nitrogens with zero attached hydrogens (tertiary/aromatic N) is 4. The fraction of sp³-hybridized carbons (Fsp3) is 0.370. The van der Waals surface area contributed by atoms with Gasteiger partial charge in [-0.05, 0) is 35.9 Å². The van der Waals surface area contributed by atoms with Gasteiger partial charge >= 0.3 is 12.4 Å². The van der Waals surface area contributed by atoms with Crippen molar-refractivity contribution in [3.8, 4) is 11.4 Å². The van der Waals surface area contributed by atoms with Crippen LogP contribution in [-0.4, -0.2) is 24.7 Å². The molecule has 230 valence electrons. The summed E-state index contributed by atoms with van der Waals surface area (Å²) in [4.78, 5) is 30.7. The van der Waals surface area contributed by atoms with Crippen LogP contribution in [0.5, 0.6) is 0 Å². The van der Waals surface area contributed by atoms with E-state index < -0.39 is 46.4 Å². The molecule has 0 radical (unpaired) electrons. The molecule has 9 nitrogen and oxygen atoms in total. The van der Waals surface area contributed by atoms with Gasteiger partial charge in [-0.1, -0.05) is 32.1 Å². The molecule has 3 aromatic heterocycles. The molecular weight excluding hydrogens is 587 g/mol. The molecule has 3 heterocycles. The Morgan fingerprint density at radius 3 is 2.26 bits per heavy atom. The number of rotatable bonds is 4. The van der Waals surface area contributed by atoms with Crippen LogP contribution in [0.1, 0.15) is 49.7 Å². The lowest BCUT2D eigenvalue weighted by Crippen LogP contribution is -2.24. The van der Waals surface area contributed by atoms with E-state index in [2.05, 4.69) is 15.1 Å². The molecule has 1 fully saturated rings. The van der Waals surface area contributed by atoms with E-state index >= 15 is 0 Å². The summed E-state index contributed by atoms with van der Waals surface area (Å²) in [6.45, 7) is 0.571. The summed E-state index contributed by atoms with van der Waals surface area (Å²) in [5.41, 5.74) is 5.29. The molecule has 0 amide bonds. The lowest BCUT2D eigenvalue weighted by Gasteiger charge is -2.21. The van der Waals surface area contributed by atoms with Crippen LogP contribution in [0.3, 0.4) is 0 Å². The van der Waals surface area contributed by atoms with Crippen LogP contribution in [0.2, 0.25) is 0 Å². The molecular formula is C27H26F7N7O2. The van der Waals surface area contributed by atoms with E-state index in [-0.39, 0.29) is 22.3 Å². The van der Waals surface area contributed by atoms with Crippen LogP contribution in [0.25, 0.3) is 22.2 Å². The quantitative estimate of drug-likeness (QED) is 0.256. The van der Waals surface area contributed by atoms with Gasteiger partial charge in [-0.3, -0.25) is 9.59 Å². The number of pyridine rings is 1. The normalized spacial score (nSPS) is 14.4. The molecule has 1 aliphatic carbocycles. The number of hydrogen-bond acceptors (Lipinski definition) is 7. The molecule has 0 saturated heterocycles. The Hall–Kier alpha value is -4.50. The Balaban J connectivity index is 0.000000296. The Morgan fingerprint density at radius 2 is 1.67 bits per heavy atom. The summed E-state index contributed by atoms with van der Waals surface area (Å²) in [6.07, 6.45) is 0.476. The fourth-order valence-electron chi connectivity index (χ4n) is 4.90. The smallest absolute Gasteiger partial charge is 0.397 e. The van der Waals surface area contributed by atoms with E-state index in [4.69, 9.17) is 11.5 Å². The molecule has 1 aromatic carbocycles. The van der Waals surface area contributed by atoms with Crippen LogP contribution in [0.15, 0.2) is 46.4 Å². The molecule has 5 N–H and O–H groups in total. The van der Waals surface area contributed by atoms with Crippen molar-refractivity contribution < 1.29 is 30.7 Å². The van der Waals surface area contributed by atoms with E-state index in [1.807, 2.05) is 0 Å². The van der Waals surface area contributed by atoms with Crippen LogP contribution >= 0.6 is 0 Å². The average Bonchev–Trinajstić information content (AvgIpc) is 2.92. The van der Waals surface area contributed by atoms with Crippen molar-refractivity contribution in [2.45, 2.75) is 57.4 Å². The van der Waals surface area contributed by atoms with E-state index in [1.54, 1.807) is 21.9 Å². The van der Waals surface area contributed by atoms with Crippen molar-refractivity contribution in [1.82, 2.24) is 24.7 Å². The fourth-order valence-corrected chi connectivity index (χ4v) is 4.90. The first-order valence-corrected chi connectivity index (χ1v) is 13.1. The number of aromatic nitrogens is 5. The summed E-state index contributed by atoms with van der Waals surface area (Å²) in [7, 11) is 0. The zero-order chi connectivity index (χ0) is 31.5. The maximum absolute atomic E-state index is 14.8. The summed E-state index contributed by atoms with van der Waals surface area (Å²) in [5.74, 6) is -1.24. The Labute approximate surface area is 238 Å². The van der Waals surface area contributed by atoms with E-state index in [0.717, 1.165) is 18.7 Å². The van der Waals surface area contributed by atoms with Gasteiger partial charge in [-0.2, -0.15) is 31.4 Å². The van der Waals surface area contributed by atoms with Gasteiger partial charge in [-0.25, -0.2) is 19.5 Å². The first-order chi connectivity index (χ1) is 20.2. The molecule has 1 saturated carbocycles. The van der Waals surface area contributed by atoms with Gasteiger partial charge in [0.15, 0.2) is 5.82 Å². The standard InChI is InChI=1S/C22H22F4N4O.C5H4F3N3O/c23-18-11-15-14(7-9-30(21(15)31)8-6-13-4-2-1-3-5-13)10-16(18)20-28-12-17(19(27)29-20)22(24,25)26;6-5(7,8)3-2(9)1-10-11-4(3)12/h7,9-13H,1-6,8H2,(H2,27,28,29);1H,(H3,9,11,12). The zero-order valence-electron chi connectivity index (χ0n) is 22.4. The van der Waals surface area contributed by atoms with Gasteiger partial charge in [0.2, 0.25) is 0 Å². The minimum atomic E-state index is -4.74. The zero-order valence-corrected chi connectivity index (χ0v) is 22.4. The number of benzene rings is 1. The second kappa shape index (κ2) is 12.4. The maximum atomic E-state index is 14.8. The molecule has 4 aromatic rings. The van der Waals surface area contributed by atoms with Crippen molar-refractivity contribution in [2.75, 3.05) is 11.5 Å². The molecule has 0 aliphatic heterocycles. The van der Waals surface area contributed by atoms with Crippen LogP contribution < -0.4 is 22.6 Å². The Bertz CT molecular complexity index is 1730. The highest BCUT2D eigenvalue weighted by atomic mass is 19.4. The highest BCUT2D eigenvalue weighted by molar-refractivity contribution is 5.86. The number of aromatic amines is 1. The van der Waals surface area contributed by atoms with Gasteiger partial charge in [0, 0.05) is 18.9 Å². The van der Waals surface area contributed by atoms with Gasteiger partial charge in [0.05, 0.1) is 22.8 Å². The number of halogens is 7. The number of H-pyrrole nitrogens is 1. The molecule has 16 heteroatoms. The molecule has 43 heavy (non-hydrogen) atoms. The van der Waals surface area contributed by atoms with Gasteiger partial charge in [0.25, 0.3) is 11.1 Å². The third-order valence-electron chi connectivity index (χ3n) is 7.10. The first-order valence-electron chi connectivity index (χ1n) is 13.1. The second-order valence-electron chi connectivity index (χ2n) is 10.0. The topological polar surface area (TPSA) is 146 Å². The number of aryl methyl sites for hydroxylation is 1. The van der Waals surface area contributed by atoms with Crippen molar-refractivity contribution >= 4 is 22.3 Å². The SMILES string of the molecule is Nc1cn[nH]c(=O)c1C(F)(F)F.Nc1nc(-c2cc3ccn(CCC4CCCCC4)c(=O)c3cc2F)ncc1C(F)(F)F. The van der Waals surface area contributed by atoms with Crippen molar-refractivity contribution in [3.05, 3.63) is 74.4 Å². The van der Waals surface area contributed by atoms with Crippen LogP contribution in [-0.2, 0) is 18.9 Å². The highest BCUT2D eigenvalue weighted by Gasteiger charge is 2.36. The molecule has 0 bridgehead atoms. The minimum absolute atomic E-state index is 0.118. The van der Waals surface area contributed by atoms with E-state index in [9.17, 15) is 40.3 Å². The molecule has 0 atom stereocenters. The summed E-state index contributed by atoms with van der Waals surface area (Å²) >= 11 is 0. The molecule has 0 spiro atoms.